The first-order valence-corrected chi connectivity index (χ1v) is 10.0. The third-order valence-electron chi connectivity index (χ3n) is 5.59. The maximum atomic E-state index is 12.6. The van der Waals surface area contributed by atoms with Crippen LogP contribution in [0.1, 0.15) is 10.5 Å². The summed E-state index contributed by atoms with van der Waals surface area (Å²) in [6.07, 6.45) is 6.92. The highest BCUT2D eigenvalue weighted by atomic mass is 16.4. The summed E-state index contributed by atoms with van der Waals surface area (Å²) in [5, 5.41) is 9.00. The van der Waals surface area contributed by atoms with Gasteiger partial charge in [0.15, 0.2) is 5.69 Å². The van der Waals surface area contributed by atoms with Crippen molar-refractivity contribution in [1.82, 2.24) is 24.6 Å². The van der Waals surface area contributed by atoms with Gasteiger partial charge in [0.2, 0.25) is 0 Å². The van der Waals surface area contributed by atoms with Crippen LogP contribution >= 0.6 is 0 Å². The number of pyridine rings is 1. The fraction of sp³-hybridized carbons (Fsp3) is 0.273. The maximum Gasteiger partial charge on any atom is 0.298 e. The molecular weight excluding hydrogens is 394 g/mol. The van der Waals surface area contributed by atoms with Crippen LogP contribution in [0.3, 0.4) is 0 Å². The van der Waals surface area contributed by atoms with Gasteiger partial charge in [0, 0.05) is 49.5 Å². The molecule has 0 bridgehead atoms. The number of nitrogens with zero attached hydrogens (tertiary/aromatic N) is 6. The van der Waals surface area contributed by atoms with Gasteiger partial charge in [0.1, 0.15) is 12.1 Å². The number of carbonyl (C=O) groups excluding carboxylic acids is 1. The van der Waals surface area contributed by atoms with Crippen molar-refractivity contribution in [1.29, 1.82) is 0 Å². The minimum atomic E-state index is -0.352. The Balaban J connectivity index is 1.31. The molecule has 1 aliphatic rings. The molecule has 31 heavy (non-hydrogen) atoms. The molecule has 4 aromatic rings. The van der Waals surface area contributed by atoms with Crippen LogP contribution in [0.2, 0.25) is 0 Å². The molecule has 3 aromatic heterocycles. The molecule has 5 rings (SSSR count). The van der Waals surface area contributed by atoms with Crippen LogP contribution in [0.5, 0.6) is 0 Å². The van der Waals surface area contributed by atoms with Gasteiger partial charge in [-0.05, 0) is 37.2 Å². The van der Waals surface area contributed by atoms with Gasteiger partial charge in [-0.15, -0.1) is 0 Å². The Morgan fingerprint density at radius 2 is 2.00 bits per heavy atom. The van der Waals surface area contributed by atoms with Crippen molar-refractivity contribution in [3.05, 3.63) is 54.8 Å². The van der Waals surface area contributed by atoms with E-state index >= 15 is 0 Å². The minimum absolute atomic E-state index is 0.231. The molecule has 1 fully saturated rings. The fourth-order valence-electron chi connectivity index (χ4n) is 3.59. The number of fused-ring (bicyclic) bond motifs is 1. The SMILES string of the molecule is CN(C)C1CN(c2nc(C(=O)Nc3cc4cc(-c5cnn(C)c5)ccc4cn3)co2)C1. The zero-order valence-corrected chi connectivity index (χ0v) is 17.6. The first-order valence-electron chi connectivity index (χ1n) is 10.0. The van der Waals surface area contributed by atoms with E-state index < -0.39 is 0 Å². The molecule has 1 aliphatic heterocycles. The average molecular weight is 417 g/mol. The lowest BCUT2D eigenvalue weighted by Gasteiger charge is -2.41. The van der Waals surface area contributed by atoms with Gasteiger partial charge in [0.25, 0.3) is 11.9 Å². The smallest absolute Gasteiger partial charge is 0.298 e. The molecule has 9 nitrogen and oxygen atoms in total. The summed E-state index contributed by atoms with van der Waals surface area (Å²) in [5.74, 6) is 0.108. The predicted molar refractivity (Wildman–Crippen MR) is 118 cm³/mol. The number of rotatable bonds is 5. The van der Waals surface area contributed by atoms with E-state index in [1.165, 1.54) is 6.26 Å². The molecule has 158 valence electrons. The molecule has 1 aromatic carbocycles. The Bertz CT molecular complexity index is 1250. The number of carbonyl (C=O) groups is 1. The Labute approximate surface area is 179 Å². The summed E-state index contributed by atoms with van der Waals surface area (Å²) in [4.78, 5) is 25.5. The minimum Gasteiger partial charge on any atom is -0.431 e. The predicted octanol–water partition coefficient (Wildman–Crippen LogP) is 2.63. The number of amides is 1. The van der Waals surface area contributed by atoms with Crippen molar-refractivity contribution in [2.45, 2.75) is 6.04 Å². The highest BCUT2D eigenvalue weighted by Gasteiger charge is 2.31. The highest BCUT2D eigenvalue weighted by molar-refractivity contribution is 6.03. The molecule has 0 spiro atoms. The third-order valence-corrected chi connectivity index (χ3v) is 5.59. The number of likely N-dealkylation sites (N-methyl/N-ethyl adjacent to an activating group) is 1. The van der Waals surface area contributed by atoms with Crippen molar-refractivity contribution in [3.8, 4) is 11.1 Å². The summed E-state index contributed by atoms with van der Waals surface area (Å²) >= 11 is 0. The second kappa shape index (κ2) is 7.51. The fourth-order valence-corrected chi connectivity index (χ4v) is 3.59. The van der Waals surface area contributed by atoms with Crippen LogP contribution < -0.4 is 10.2 Å². The van der Waals surface area contributed by atoms with Crippen LogP contribution in [-0.4, -0.2) is 63.8 Å². The van der Waals surface area contributed by atoms with Crippen molar-refractivity contribution >= 4 is 28.5 Å². The lowest BCUT2D eigenvalue weighted by molar-refractivity contribution is 0.102. The monoisotopic (exact) mass is 417 g/mol. The molecular formula is C22H23N7O2. The van der Waals surface area contributed by atoms with Crippen molar-refractivity contribution in [3.63, 3.8) is 0 Å². The van der Waals surface area contributed by atoms with E-state index in [1.807, 2.05) is 56.6 Å². The first kappa shape index (κ1) is 19.3. The van der Waals surface area contributed by atoms with E-state index in [1.54, 1.807) is 10.9 Å². The number of aryl methyl sites for hydroxylation is 1. The van der Waals surface area contributed by atoms with E-state index in [0.29, 0.717) is 17.9 Å². The van der Waals surface area contributed by atoms with Crippen molar-refractivity contribution in [2.75, 3.05) is 37.4 Å². The summed E-state index contributed by atoms with van der Waals surface area (Å²) in [6, 6.07) is 8.90. The molecule has 9 heteroatoms. The van der Waals surface area contributed by atoms with Gasteiger partial charge < -0.3 is 19.5 Å². The van der Waals surface area contributed by atoms with Gasteiger partial charge in [-0.2, -0.15) is 10.1 Å². The quantitative estimate of drug-likeness (QED) is 0.534. The molecule has 0 aliphatic carbocycles. The molecule has 1 N–H and O–H groups in total. The second-order valence-corrected chi connectivity index (χ2v) is 8.03. The normalized spacial score (nSPS) is 14.3. The Hall–Kier alpha value is -3.72. The third kappa shape index (κ3) is 3.75. The summed E-state index contributed by atoms with van der Waals surface area (Å²) in [7, 11) is 5.99. The number of hydrogen-bond donors (Lipinski definition) is 1. The number of aromatic nitrogens is 4. The summed E-state index contributed by atoms with van der Waals surface area (Å²) in [5.41, 5.74) is 2.31. The maximum absolute atomic E-state index is 12.6. The highest BCUT2D eigenvalue weighted by Crippen LogP contribution is 2.26. The van der Waals surface area contributed by atoms with Crippen LogP contribution in [-0.2, 0) is 7.05 Å². The number of anilines is 2. The van der Waals surface area contributed by atoms with Crippen molar-refractivity contribution < 1.29 is 9.21 Å². The van der Waals surface area contributed by atoms with Crippen molar-refractivity contribution in [2.24, 2.45) is 7.05 Å². The molecule has 4 heterocycles. The van der Waals surface area contributed by atoms with E-state index in [0.717, 1.165) is 35.0 Å². The molecule has 0 radical (unpaired) electrons. The largest absolute Gasteiger partial charge is 0.431 e. The number of oxazole rings is 1. The molecule has 1 amide bonds. The second-order valence-electron chi connectivity index (χ2n) is 8.03. The van der Waals surface area contributed by atoms with Gasteiger partial charge in [0.05, 0.1) is 6.20 Å². The summed E-state index contributed by atoms with van der Waals surface area (Å²) in [6.45, 7) is 1.67. The zero-order chi connectivity index (χ0) is 21.5. The van der Waals surface area contributed by atoms with E-state index in [9.17, 15) is 4.79 Å². The lowest BCUT2D eigenvalue weighted by Crippen LogP contribution is -2.57. The Morgan fingerprint density at radius 3 is 2.74 bits per heavy atom. The zero-order valence-electron chi connectivity index (χ0n) is 17.6. The van der Waals surface area contributed by atoms with Gasteiger partial charge in [-0.1, -0.05) is 12.1 Å². The summed E-state index contributed by atoms with van der Waals surface area (Å²) < 4.78 is 7.27. The molecule has 0 atom stereocenters. The van der Waals surface area contributed by atoms with E-state index in [-0.39, 0.29) is 11.6 Å². The number of benzene rings is 1. The Kier molecular flexibility index (Phi) is 4.67. The first-order chi connectivity index (χ1) is 15.0. The molecule has 0 saturated carbocycles. The standard InChI is InChI=1S/C22H23N7O2/c1-27(2)18-11-29(12-18)22-25-19(13-31-22)21(30)26-20-7-16-6-14(4-5-15(16)8-23-20)17-9-24-28(3)10-17/h4-10,13,18H,11-12H2,1-3H3,(H,23,26,30). The Morgan fingerprint density at radius 1 is 1.16 bits per heavy atom. The van der Waals surface area contributed by atoms with Crippen LogP contribution in [0.25, 0.3) is 21.9 Å². The van der Waals surface area contributed by atoms with Gasteiger partial charge >= 0.3 is 0 Å². The number of hydrogen-bond acceptors (Lipinski definition) is 7. The average Bonchev–Trinajstić information content (AvgIpc) is 3.35. The molecule has 1 saturated heterocycles. The lowest BCUT2D eigenvalue weighted by atomic mass is 10.1. The van der Waals surface area contributed by atoms with Crippen LogP contribution in [0.4, 0.5) is 11.8 Å². The topological polar surface area (TPSA) is 92.3 Å². The number of nitrogens with one attached hydrogen (secondary N) is 1. The van der Waals surface area contributed by atoms with Crippen LogP contribution in [0.15, 0.2) is 53.5 Å². The van der Waals surface area contributed by atoms with Gasteiger partial charge in [-0.3, -0.25) is 9.48 Å². The molecule has 0 unspecified atom stereocenters. The van der Waals surface area contributed by atoms with Gasteiger partial charge in [-0.25, -0.2) is 4.98 Å². The van der Waals surface area contributed by atoms with E-state index in [2.05, 4.69) is 31.3 Å². The van der Waals surface area contributed by atoms with Crippen LogP contribution in [0, 0.1) is 0 Å². The van der Waals surface area contributed by atoms with E-state index in [4.69, 9.17) is 4.42 Å².